The van der Waals surface area contributed by atoms with E-state index in [0.717, 1.165) is 102 Å². The Bertz CT molecular complexity index is 4630. The summed E-state index contributed by atoms with van der Waals surface area (Å²) >= 11 is -3.04. The van der Waals surface area contributed by atoms with Gasteiger partial charge in [0.25, 0.3) is 0 Å². The number of hydrogen-bond donors (Lipinski definition) is 1. The summed E-state index contributed by atoms with van der Waals surface area (Å²) in [5, 5.41) is 39.7. The van der Waals surface area contributed by atoms with Crippen LogP contribution in [-0.4, -0.2) is 30.8 Å². The van der Waals surface area contributed by atoms with Gasteiger partial charge < -0.3 is 0 Å². The van der Waals surface area contributed by atoms with Gasteiger partial charge in [0.2, 0.25) is 0 Å². The molecule has 0 radical (unpaired) electrons. The Kier molecular flexibility index (Phi) is 19.3. The number of nitrogens with zero attached hydrogens (tertiary/aromatic N) is 4. The Morgan fingerprint density at radius 1 is 0.412 bits per heavy atom. The molecule has 7 nitrogen and oxygen atoms in total. The molecule has 0 saturated heterocycles. The van der Waals surface area contributed by atoms with Gasteiger partial charge in [0.1, 0.15) is 0 Å². The number of rotatable bonds is 15. The summed E-state index contributed by atoms with van der Waals surface area (Å²) in [5.41, 5.74) is 18.7. The van der Waals surface area contributed by atoms with Crippen LogP contribution in [0.5, 0.6) is 11.5 Å². The van der Waals surface area contributed by atoms with Gasteiger partial charge in [-0.15, -0.1) is 0 Å². The van der Waals surface area contributed by atoms with Gasteiger partial charge in [-0.3, -0.25) is 0 Å². The fraction of sp³-hybridized carbons (Fsp3) is 0.438. The molecule has 10 aromatic rings. The van der Waals surface area contributed by atoms with E-state index in [2.05, 4.69) is 306 Å². The molecular weight excluding hydrogens is 1350 g/mol. The number of hydrogen-bond acceptors (Lipinski definition) is 5. The van der Waals surface area contributed by atoms with Crippen molar-refractivity contribution in [2.24, 2.45) is 10.8 Å². The number of aromatic nitrogens is 2. The number of nitriles is 2. The van der Waals surface area contributed by atoms with Crippen molar-refractivity contribution in [2.75, 3.05) is 6.61 Å². The van der Waals surface area contributed by atoms with Crippen molar-refractivity contribution in [3.05, 3.63) is 189 Å². The monoisotopic (exact) mass is 1460 g/mol. The van der Waals surface area contributed by atoms with Gasteiger partial charge >= 0.3 is 552 Å². The second kappa shape index (κ2) is 25.8. The molecule has 2 unspecified atom stereocenters. The van der Waals surface area contributed by atoms with Crippen molar-refractivity contribution in [1.29, 1.82) is 10.5 Å². The first-order valence-electron chi connectivity index (χ1n) is 35.1. The van der Waals surface area contributed by atoms with E-state index in [-0.39, 0.29) is 49.9 Å². The Labute approximate surface area is 589 Å². The molecule has 0 aliphatic heterocycles. The minimum absolute atomic E-state index is 0.00897. The summed E-state index contributed by atoms with van der Waals surface area (Å²) in [6, 6.07) is 54.4. The summed E-state index contributed by atoms with van der Waals surface area (Å²) in [5.74, 6) is 1.27. The number of benzene rings is 8. The Hall–Kier alpha value is -7.23. The summed E-state index contributed by atoms with van der Waals surface area (Å²) in [6.07, 6.45) is 0.700. The summed E-state index contributed by atoms with van der Waals surface area (Å²) in [6.45, 7) is 54.7. The molecule has 8 aromatic carbocycles. The van der Waals surface area contributed by atoms with Crippen LogP contribution >= 0.6 is 0 Å². The van der Waals surface area contributed by atoms with Crippen molar-refractivity contribution < 1.29 is 36.0 Å². The summed E-state index contributed by atoms with van der Waals surface area (Å²) in [4.78, 5) is 0. The third-order valence-corrected chi connectivity index (χ3v) is 25.6. The van der Waals surface area contributed by atoms with Crippen LogP contribution in [0.1, 0.15) is 221 Å². The molecule has 0 bridgehead atoms. The fourth-order valence-electron chi connectivity index (χ4n) is 15.3. The summed E-state index contributed by atoms with van der Waals surface area (Å²) < 4.78 is 24.5. The van der Waals surface area contributed by atoms with Gasteiger partial charge in [-0.25, -0.2) is 0 Å². The van der Waals surface area contributed by atoms with E-state index in [1.807, 2.05) is 24.3 Å². The molecule has 2 aromatic heterocycles. The quantitative estimate of drug-likeness (QED) is 0.103. The number of ether oxygens (including phenoxy) is 2. The Morgan fingerprint density at radius 3 is 1.03 bits per heavy atom. The molecule has 0 fully saturated rings. The van der Waals surface area contributed by atoms with E-state index in [1.54, 1.807) is 0 Å². The second-order valence-corrected chi connectivity index (χ2v) is 46.3. The third kappa shape index (κ3) is 15.2. The van der Waals surface area contributed by atoms with Crippen molar-refractivity contribution in [2.45, 2.75) is 231 Å². The Balaban J connectivity index is 1.26. The van der Waals surface area contributed by atoms with Crippen LogP contribution in [0.3, 0.4) is 0 Å². The van der Waals surface area contributed by atoms with Crippen LogP contribution in [0.25, 0.3) is 77.2 Å². The van der Waals surface area contributed by atoms with Gasteiger partial charge in [0, 0.05) is 0 Å². The molecule has 97 heavy (non-hydrogen) atoms. The molecule has 0 spiro atoms. The maximum atomic E-state index is 13.7. The van der Waals surface area contributed by atoms with E-state index in [9.17, 15) is 15.6 Å². The van der Waals surface area contributed by atoms with Gasteiger partial charge in [0.15, 0.2) is 0 Å². The normalized spacial score (nSPS) is 13.7. The number of aryl methyl sites for hydroxylation is 2. The zero-order valence-electron chi connectivity index (χ0n) is 63.5. The zero-order chi connectivity index (χ0) is 71.4. The molecule has 0 aliphatic rings. The standard InChI is InChI=1S/C87H103N4O3.2CH3.Hf/c1-53-33-55(47-88)37-57(35-53)66-43-63(86(21,22)51-80(3,4)5)45-76(90-72-29-25-59(82(9,10)11)39-68(72)69-40-60(83(12,13)14)26-30-73(69)90)78(66)93-49-65(92)50-94-79-67(58-36-54(2)34-56(38-58)48-89)44-64(87(23,24)52-81(6,7)8)46-77(79)91-74-31-27-61(84(15,16)17)41-70(74)71-42-62(85(18,19)20)28-32-75(71)91;;;/h25-46,49,65,92H,50-52H2,1-24H3;2*1H3;. The average Bonchev–Trinajstić information content (AvgIpc) is 1.62. The Morgan fingerprint density at radius 2 is 0.732 bits per heavy atom. The fourth-order valence-corrected chi connectivity index (χ4v) is 19.7. The molecule has 10 rings (SSSR count). The molecule has 2 atom stereocenters. The predicted octanol–water partition coefficient (Wildman–Crippen LogP) is 24.1. The van der Waals surface area contributed by atoms with Crippen molar-refractivity contribution in [3.63, 3.8) is 0 Å². The van der Waals surface area contributed by atoms with Gasteiger partial charge in [0.05, 0.1) is 0 Å². The summed E-state index contributed by atoms with van der Waals surface area (Å²) in [7, 11) is 0. The zero-order valence-corrected chi connectivity index (χ0v) is 67.1. The van der Waals surface area contributed by atoms with Gasteiger partial charge in [-0.2, -0.15) is 0 Å². The van der Waals surface area contributed by atoms with E-state index in [1.165, 1.54) is 33.0 Å². The van der Waals surface area contributed by atoms with Crippen LogP contribution in [0, 0.1) is 47.3 Å². The molecule has 0 aliphatic carbocycles. The predicted molar refractivity (Wildman–Crippen MR) is 408 cm³/mol. The van der Waals surface area contributed by atoms with Crippen LogP contribution in [0.15, 0.2) is 133 Å². The van der Waals surface area contributed by atoms with Crippen molar-refractivity contribution in [1.82, 2.24) is 9.13 Å². The van der Waals surface area contributed by atoms with E-state index in [4.69, 9.17) is 9.47 Å². The number of fused-ring (bicyclic) bond motifs is 6. The van der Waals surface area contributed by atoms with Gasteiger partial charge in [-0.05, 0) is 0 Å². The van der Waals surface area contributed by atoms with Crippen LogP contribution in [0.4, 0.5) is 0 Å². The van der Waals surface area contributed by atoms with Crippen LogP contribution in [0.2, 0.25) is 9.36 Å². The first-order chi connectivity index (χ1) is 44.8. The van der Waals surface area contributed by atoms with Crippen molar-refractivity contribution >= 4 is 43.6 Å². The van der Waals surface area contributed by atoms with E-state index >= 15 is 0 Å². The van der Waals surface area contributed by atoms with Crippen LogP contribution < -0.4 is 9.47 Å². The van der Waals surface area contributed by atoms with Gasteiger partial charge in [-0.1, -0.05) is 41.5 Å². The number of aliphatic hydroxyl groups excluding tert-OH is 1. The molecule has 0 amide bonds. The SMILES string of the molecule is Cc1cc(C#N)cc(-c2cc(C(C)(C)CC(C)(C)C)cc(-n3c4ccc(C(C)(C)C)cc4c4cc(C(C)(C)C)ccc43)c2OCC(O)[CH](Oc2c(-c3cc(C)cc(C#N)c3)cc(C(C)(C)CC(C)(C)C)cc2-n2c3ccc(C(C)(C)C)cc3c3cc(C(C)(C)C)ccc32)[Hf]([CH3])[CH3])c1. The van der Waals surface area contributed by atoms with Crippen LogP contribution in [-0.2, 0) is 53.9 Å². The van der Waals surface area contributed by atoms with Crippen molar-refractivity contribution in [3.8, 4) is 57.3 Å². The van der Waals surface area contributed by atoms with E-state index < -0.39 is 31.4 Å². The van der Waals surface area contributed by atoms with E-state index in [0.29, 0.717) is 22.6 Å². The average molecular weight is 1460 g/mol. The maximum absolute atomic E-state index is 13.7. The number of aliphatic hydroxyl groups is 1. The molecule has 0 saturated carbocycles. The molecule has 1 N–H and O–H groups in total. The third-order valence-electron chi connectivity index (χ3n) is 19.7. The second-order valence-electron chi connectivity index (χ2n) is 36.5. The minimum atomic E-state index is -3.04. The topological polar surface area (TPSA) is 96.1 Å². The first-order valence-corrected chi connectivity index (χ1v) is 44.4. The molecular formula is C89H109HfN4O3. The molecule has 8 heteroatoms. The first kappa shape index (κ1) is 72.5. The molecule has 2 heterocycles. The molecule has 507 valence electrons.